The molecule has 0 saturated carbocycles. The number of amides is 1. The van der Waals surface area contributed by atoms with Gasteiger partial charge in [-0.1, -0.05) is 29.8 Å². The number of nitrogens with zero attached hydrogens (tertiary/aromatic N) is 1. The number of ether oxygens (including phenoxy) is 1. The van der Waals surface area contributed by atoms with Crippen LogP contribution in [0.3, 0.4) is 0 Å². The molecule has 2 aromatic rings. The molecule has 0 saturated heterocycles. The van der Waals surface area contributed by atoms with Crippen LogP contribution in [0.5, 0.6) is 0 Å². The fourth-order valence-corrected chi connectivity index (χ4v) is 2.97. The number of thioether (sulfide) groups is 1. The van der Waals surface area contributed by atoms with Crippen LogP contribution in [-0.4, -0.2) is 29.2 Å². The summed E-state index contributed by atoms with van der Waals surface area (Å²) in [7, 11) is 0. The smallest absolute Gasteiger partial charge is 0.307 e. The highest BCUT2D eigenvalue weighted by molar-refractivity contribution is 7.99. The van der Waals surface area contributed by atoms with Gasteiger partial charge >= 0.3 is 5.97 Å². The number of non-ortho nitro benzene ring substituents is 1. The first-order valence-electron chi connectivity index (χ1n) is 7.53. The lowest BCUT2D eigenvalue weighted by molar-refractivity contribution is -0.384. The van der Waals surface area contributed by atoms with Gasteiger partial charge in [-0.15, -0.1) is 11.8 Å². The first-order chi connectivity index (χ1) is 12.5. The molecule has 0 aromatic heterocycles. The molecule has 1 N–H and O–H groups in total. The highest BCUT2D eigenvalue weighted by Crippen LogP contribution is 2.26. The fourth-order valence-electron chi connectivity index (χ4n) is 1.89. The lowest BCUT2D eigenvalue weighted by Crippen LogP contribution is -2.21. The van der Waals surface area contributed by atoms with E-state index in [2.05, 4.69) is 5.32 Å². The number of hydrogen-bond donors (Lipinski definition) is 1. The number of halogens is 1. The molecule has 0 aliphatic rings. The Morgan fingerprint density at radius 3 is 2.58 bits per heavy atom. The number of hydrogen-bond acceptors (Lipinski definition) is 6. The Bertz CT molecular complexity index is 801. The molecule has 26 heavy (non-hydrogen) atoms. The second-order valence-corrected chi connectivity index (χ2v) is 6.62. The zero-order chi connectivity index (χ0) is 18.9. The van der Waals surface area contributed by atoms with Gasteiger partial charge in [-0.2, -0.15) is 0 Å². The lowest BCUT2D eigenvalue weighted by Gasteiger charge is -2.08. The molecular weight excluding hydrogens is 380 g/mol. The van der Waals surface area contributed by atoms with Crippen molar-refractivity contribution >= 4 is 46.6 Å². The first-order valence-corrected chi connectivity index (χ1v) is 8.89. The third kappa shape index (κ3) is 6.38. The molecule has 0 unspecified atom stereocenters. The van der Waals surface area contributed by atoms with Gasteiger partial charge in [-0.05, 0) is 18.2 Å². The largest absolute Gasteiger partial charge is 0.456 e. The third-order valence-electron chi connectivity index (χ3n) is 3.12. The van der Waals surface area contributed by atoms with E-state index < -0.39 is 23.4 Å². The van der Waals surface area contributed by atoms with Crippen LogP contribution >= 0.6 is 23.4 Å². The molecule has 0 fully saturated rings. The highest BCUT2D eigenvalue weighted by atomic mass is 35.5. The Morgan fingerprint density at radius 2 is 1.92 bits per heavy atom. The van der Waals surface area contributed by atoms with Crippen molar-refractivity contribution in [1.82, 2.24) is 0 Å². The summed E-state index contributed by atoms with van der Waals surface area (Å²) in [5.74, 6) is -0.526. The maximum absolute atomic E-state index is 11.8. The second-order valence-electron chi connectivity index (χ2n) is 5.04. The van der Waals surface area contributed by atoms with E-state index in [1.807, 2.05) is 30.3 Å². The number of rotatable bonds is 8. The number of carbonyl (C=O) groups excluding carboxylic acids is 2. The second kappa shape index (κ2) is 9.79. The minimum atomic E-state index is -0.591. The maximum atomic E-state index is 11.8. The van der Waals surface area contributed by atoms with Crippen LogP contribution in [0.4, 0.5) is 11.4 Å². The number of nitrogens with one attached hydrogen (secondary N) is 1. The van der Waals surface area contributed by atoms with Gasteiger partial charge in [0.2, 0.25) is 0 Å². The van der Waals surface area contributed by atoms with Crippen LogP contribution in [0.25, 0.3) is 0 Å². The molecule has 2 aromatic carbocycles. The molecule has 0 heterocycles. The Hall–Kier alpha value is -2.58. The topological polar surface area (TPSA) is 98.5 Å². The van der Waals surface area contributed by atoms with Crippen molar-refractivity contribution in [2.24, 2.45) is 0 Å². The van der Waals surface area contributed by atoms with E-state index in [0.29, 0.717) is 5.75 Å². The molecule has 2 rings (SSSR count). The summed E-state index contributed by atoms with van der Waals surface area (Å²) >= 11 is 7.39. The van der Waals surface area contributed by atoms with Crippen LogP contribution in [0.1, 0.15) is 6.42 Å². The van der Waals surface area contributed by atoms with Crippen molar-refractivity contribution in [3.63, 3.8) is 0 Å². The first kappa shape index (κ1) is 19.7. The lowest BCUT2D eigenvalue weighted by atomic mass is 10.3. The Balaban J connectivity index is 1.72. The Labute approximate surface area is 158 Å². The van der Waals surface area contributed by atoms with E-state index in [1.54, 1.807) is 0 Å². The van der Waals surface area contributed by atoms with Crippen molar-refractivity contribution in [1.29, 1.82) is 0 Å². The van der Waals surface area contributed by atoms with Gasteiger partial charge in [0.05, 0.1) is 22.1 Å². The van der Waals surface area contributed by atoms with E-state index in [4.69, 9.17) is 16.3 Å². The quantitative estimate of drug-likeness (QED) is 0.315. The van der Waals surface area contributed by atoms with Crippen LogP contribution in [-0.2, 0) is 14.3 Å². The number of anilines is 1. The molecule has 0 bridgehead atoms. The van der Waals surface area contributed by atoms with E-state index in [0.717, 1.165) is 11.0 Å². The summed E-state index contributed by atoms with van der Waals surface area (Å²) < 4.78 is 4.90. The van der Waals surface area contributed by atoms with E-state index in [1.165, 1.54) is 23.9 Å². The standard InChI is InChI=1S/C17H15ClN2O5S/c18-14-10-12(20(23)24)6-7-15(14)19-16(21)11-25-17(22)8-9-26-13-4-2-1-3-5-13/h1-7,10H,8-9,11H2,(H,19,21). The van der Waals surface area contributed by atoms with E-state index in [-0.39, 0.29) is 22.8 Å². The average Bonchev–Trinajstić information content (AvgIpc) is 2.62. The number of nitro groups is 1. The number of carbonyl (C=O) groups is 2. The van der Waals surface area contributed by atoms with Gasteiger partial charge in [0.1, 0.15) is 0 Å². The highest BCUT2D eigenvalue weighted by Gasteiger charge is 2.13. The van der Waals surface area contributed by atoms with Crippen molar-refractivity contribution in [3.8, 4) is 0 Å². The van der Waals surface area contributed by atoms with Gasteiger partial charge in [-0.25, -0.2) is 0 Å². The monoisotopic (exact) mass is 394 g/mol. The molecule has 0 aliphatic carbocycles. The molecule has 0 atom stereocenters. The summed E-state index contributed by atoms with van der Waals surface area (Å²) in [6.45, 7) is -0.456. The third-order valence-corrected chi connectivity index (χ3v) is 4.45. The van der Waals surface area contributed by atoms with Crippen molar-refractivity contribution in [2.45, 2.75) is 11.3 Å². The number of nitro benzene ring substituents is 1. The summed E-state index contributed by atoms with van der Waals surface area (Å²) in [5, 5.41) is 13.1. The van der Waals surface area contributed by atoms with Crippen LogP contribution < -0.4 is 5.32 Å². The zero-order valence-electron chi connectivity index (χ0n) is 13.5. The number of esters is 1. The van der Waals surface area contributed by atoms with Crippen LogP contribution in [0.2, 0.25) is 5.02 Å². The Morgan fingerprint density at radius 1 is 1.19 bits per heavy atom. The van der Waals surface area contributed by atoms with E-state index in [9.17, 15) is 19.7 Å². The summed E-state index contributed by atoms with van der Waals surface area (Å²) in [6, 6.07) is 13.3. The van der Waals surface area contributed by atoms with Crippen molar-refractivity contribution in [3.05, 3.63) is 63.7 Å². The molecule has 0 aliphatic heterocycles. The van der Waals surface area contributed by atoms with Crippen molar-refractivity contribution < 1.29 is 19.2 Å². The van der Waals surface area contributed by atoms with Gasteiger partial charge in [-0.3, -0.25) is 19.7 Å². The zero-order valence-corrected chi connectivity index (χ0v) is 15.1. The minimum Gasteiger partial charge on any atom is -0.456 e. The summed E-state index contributed by atoms with van der Waals surface area (Å²) in [6.07, 6.45) is 0.172. The maximum Gasteiger partial charge on any atom is 0.307 e. The van der Waals surface area contributed by atoms with E-state index >= 15 is 0 Å². The van der Waals surface area contributed by atoms with Crippen LogP contribution in [0.15, 0.2) is 53.4 Å². The minimum absolute atomic E-state index is 0.0261. The molecule has 0 radical (unpaired) electrons. The summed E-state index contributed by atoms with van der Waals surface area (Å²) in [5.41, 5.74) is 0.0216. The average molecular weight is 395 g/mol. The predicted molar refractivity (Wildman–Crippen MR) is 99.5 cm³/mol. The summed E-state index contributed by atoms with van der Waals surface area (Å²) in [4.78, 5) is 34.6. The predicted octanol–water partition coefficient (Wildman–Crippen LogP) is 3.91. The number of benzene rings is 2. The normalized spacial score (nSPS) is 10.2. The van der Waals surface area contributed by atoms with Gasteiger partial charge in [0.15, 0.2) is 6.61 Å². The fraction of sp³-hybridized carbons (Fsp3) is 0.176. The molecule has 0 spiro atoms. The molecule has 9 heteroatoms. The van der Waals surface area contributed by atoms with Gasteiger partial charge in [0.25, 0.3) is 11.6 Å². The van der Waals surface area contributed by atoms with Crippen molar-refractivity contribution in [2.75, 3.05) is 17.7 Å². The molecule has 7 nitrogen and oxygen atoms in total. The van der Waals surface area contributed by atoms with Gasteiger partial charge in [0, 0.05) is 22.8 Å². The SMILES string of the molecule is O=C(COC(=O)CCSc1ccccc1)Nc1ccc([N+](=O)[O-])cc1Cl. The molecule has 1 amide bonds. The van der Waals surface area contributed by atoms with Crippen LogP contribution in [0, 0.1) is 10.1 Å². The van der Waals surface area contributed by atoms with Gasteiger partial charge < -0.3 is 10.1 Å². The Kier molecular flexibility index (Phi) is 7.43. The molecule has 136 valence electrons. The molecular formula is C17H15ClN2O5S.